The van der Waals surface area contributed by atoms with Crippen molar-refractivity contribution in [1.29, 1.82) is 0 Å². The van der Waals surface area contributed by atoms with Gasteiger partial charge in [-0.05, 0) is 42.3 Å². The normalized spacial score (nSPS) is 16.3. The fraction of sp³-hybridized carbons (Fsp3) is 0.556. The van der Waals surface area contributed by atoms with E-state index in [2.05, 4.69) is 36.4 Å². The first kappa shape index (κ1) is 35.9. The Kier molecular flexibility index (Phi) is 16.0. The van der Waals surface area contributed by atoms with Crippen LogP contribution < -0.4 is 10.6 Å². The number of pyridine rings is 1. The van der Waals surface area contributed by atoms with Gasteiger partial charge in [0, 0.05) is 30.9 Å². The summed E-state index contributed by atoms with van der Waals surface area (Å²) in [5.74, 6) is -1.40. The number of hydrogen-bond donors (Lipinski definition) is 2. The minimum Gasteiger partial charge on any atom is -0.350 e. The smallest absolute Gasteiger partial charge is 0.350 e. The number of amides is 2. The van der Waals surface area contributed by atoms with Gasteiger partial charge in [-0.15, -0.1) is 0 Å². The predicted molar refractivity (Wildman–Crippen MR) is 141 cm³/mol. The van der Waals surface area contributed by atoms with Crippen LogP contribution in [0.25, 0.3) is 10.8 Å². The van der Waals surface area contributed by atoms with Gasteiger partial charge >= 0.3 is 6.18 Å². The molecule has 1 fully saturated rings. The quantitative estimate of drug-likeness (QED) is 0.395. The highest BCUT2D eigenvalue weighted by atomic mass is 19.4. The standard InChI is InChI=1S/C19H22F2N4O2.C4H10.C2HF3O.C2H6/c1-11-5-6-25(16(26)10-22-2)18(11)19(27)24-8-12-7-23-9-14-13(12)3-4-15(20)17(14)21;1-4(2)3;3-2(4,5)1-6;1-2/h3-4,7,9,11,18,22H,5-6,8,10H2,1-2H3,(H,24,27);4H,1-3H3;1H;1-2H3. The summed E-state index contributed by atoms with van der Waals surface area (Å²) in [6.07, 6.45) is -2.17. The fourth-order valence-corrected chi connectivity index (χ4v) is 3.55. The maximum Gasteiger partial charge on any atom is 0.446 e. The van der Waals surface area contributed by atoms with Crippen molar-refractivity contribution >= 4 is 28.9 Å². The van der Waals surface area contributed by atoms with Gasteiger partial charge in [0.1, 0.15) is 6.04 Å². The minimum absolute atomic E-state index is 0.0444. The van der Waals surface area contributed by atoms with Gasteiger partial charge in [-0.25, -0.2) is 8.78 Å². The minimum atomic E-state index is -4.64. The summed E-state index contributed by atoms with van der Waals surface area (Å²) in [6, 6.07) is 1.99. The Hall–Kier alpha value is -3.15. The molecule has 220 valence electrons. The van der Waals surface area contributed by atoms with Crippen molar-refractivity contribution in [1.82, 2.24) is 20.5 Å². The molecule has 1 aliphatic heterocycles. The number of nitrogens with zero attached hydrogens (tertiary/aromatic N) is 2. The second-order valence-electron chi connectivity index (χ2n) is 9.19. The van der Waals surface area contributed by atoms with Crippen molar-refractivity contribution in [3.05, 3.63) is 41.7 Å². The van der Waals surface area contributed by atoms with Crippen molar-refractivity contribution in [2.45, 2.75) is 66.7 Å². The average Bonchev–Trinajstić information content (AvgIpc) is 3.27. The number of likely N-dealkylation sites (tertiary alicyclic amines) is 1. The number of fused-ring (bicyclic) bond motifs is 1. The van der Waals surface area contributed by atoms with Crippen LogP contribution in [0.15, 0.2) is 24.5 Å². The Bertz CT molecular complexity index is 1060. The summed E-state index contributed by atoms with van der Waals surface area (Å²) in [6.45, 7) is 13.3. The lowest BCUT2D eigenvalue weighted by Gasteiger charge is -2.26. The van der Waals surface area contributed by atoms with Gasteiger partial charge in [0.05, 0.1) is 6.54 Å². The van der Waals surface area contributed by atoms with Gasteiger partial charge in [0.15, 0.2) is 11.6 Å². The molecule has 2 unspecified atom stereocenters. The molecule has 3 rings (SSSR count). The Morgan fingerprint density at radius 2 is 1.69 bits per heavy atom. The van der Waals surface area contributed by atoms with Crippen molar-refractivity contribution in [2.24, 2.45) is 11.8 Å². The van der Waals surface area contributed by atoms with Crippen LogP contribution in [-0.2, 0) is 20.9 Å². The van der Waals surface area contributed by atoms with E-state index in [1.165, 1.54) is 18.5 Å². The van der Waals surface area contributed by atoms with Crippen LogP contribution >= 0.6 is 0 Å². The van der Waals surface area contributed by atoms with Crippen LogP contribution in [0.1, 0.15) is 53.5 Å². The molecule has 12 heteroatoms. The number of rotatable bonds is 5. The number of hydrogen-bond acceptors (Lipinski definition) is 5. The molecular weight excluding hydrogens is 523 g/mol. The van der Waals surface area contributed by atoms with Gasteiger partial charge in [0.25, 0.3) is 0 Å². The third-order valence-corrected chi connectivity index (χ3v) is 5.12. The largest absolute Gasteiger partial charge is 0.446 e. The molecule has 0 bridgehead atoms. The maximum atomic E-state index is 13.9. The molecule has 1 aromatic heterocycles. The topological polar surface area (TPSA) is 91.4 Å². The van der Waals surface area contributed by atoms with Gasteiger partial charge in [-0.2, -0.15) is 13.2 Å². The fourth-order valence-electron chi connectivity index (χ4n) is 3.55. The lowest BCUT2D eigenvalue weighted by atomic mass is 10.0. The van der Waals surface area contributed by atoms with E-state index in [9.17, 15) is 31.5 Å². The van der Waals surface area contributed by atoms with Crippen molar-refractivity contribution < 1.29 is 36.3 Å². The number of benzene rings is 1. The maximum absolute atomic E-state index is 13.9. The molecule has 2 N–H and O–H groups in total. The summed E-state index contributed by atoms with van der Waals surface area (Å²) in [4.78, 5) is 39.2. The third kappa shape index (κ3) is 12.1. The molecule has 1 aliphatic rings. The van der Waals surface area contributed by atoms with E-state index in [4.69, 9.17) is 4.79 Å². The molecule has 0 saturated carbocycles. The van der Waals surface area contributed by atoms with E-state index in [1.807, 2.05) is 20.8 Å². The van der Waals surface area contributed by atoms with Gasteiger partial charge in [-0.3, -0.25) is 19.4 Å². The van der Waals surface area contributed by atoms with Gasteiger partial charge in [0.2, 0.25) is 18.1 Å². The summed E-state index contributed by atoms with van der Waals surface area (Å²) < 4.78 is 58.6. The first-order chi connectivity index (χ1) is 18.2. The number of likely N-dealkylation sites (N-methyl/N-ethyl adjacent to an activating group) is 1. The number of halogens is 5. The first-order valence-corrected chi connectivity index (χ1v) is 12.7. The molecule has 1 aromatic carbocycles. The van der Waals surface area contributed by atoms with Crippen LogP contribution in [0, 0.1) is 23.5 Å². The van der Waals surface area contributed by atoms with E-state index >= 15 is 0 Å². The zero-order valence-corrected chi connectivity index (χ0v) is 23.5. The molecule has 0 radical (unpaired) electrons. The van der Waals surface area contributed by atoms with Crippen molar-refractivity contribution in [3.8, 4) is 0 Å². The molecule has 2 amide bonds. The summed E-state index contributed by atoms with van der Waals surface area (Å²) in [7, 11) is 1.68. The summed E-state index contributed by atoms with van der Waals surface area (Å²) in [5.41, 5.74) is 0.582. The zero-order valence-electron chi connectivity index (χ0n) is 23.5. The molecule has 0 spiro atoms. The highest BCUT2D eigenvalue weighted by Crippen LogP contribution is 2.25. The number of carbonyl (C=O) groups excluding carboxylic acids is 3. The third-order valence-electron chi connectivity index (χ3n) is 5.12. The van der Waals surface area contributed by atoms with Gasteiger partial charge in [-0.1, -0.05) is 47.6 Å². The van der Waals surface area contributed by atoms with E-state index in [-0.39, 0.29) is 36.2 Å². The van der Waals surface area contributed by atoms with E-state index in [0.717, 1.165) is 18.4 Å². The second-order valence-corrected chi connectivity index (χ2v) is 9.19. The van der Waals surface area contributed by atoms with Crippen LogP contribution in [-0.4, -0.2) is 60.3 Å². The van der Waals surface area contributed by atoms with E-state index < -0.39 is 30.1 Å². The lowest BCUT2D eigenvalue weighted by Crippen LogP contribution is -2.49. The van der Waals surface area contributed by atoms with Crippen LogP contribution in [0.2, 0.25) is 0 Å². The molecule has 39 heavy (non-hydrogen) atoms. The Morgan fingerprint density at radius 3 is 2.21 bits per heavy atom. The van der Waals surface area contributed by atoms with Crippen molar-refractivity contribution in [2.75, 3.05) is 20.1 Å². The molecule has 0 aliphatic carbocycles. The Morgan fingerprint density at radius 1 is 1.13 bits per heavy atom. The Balaban J connectivity index is 0.00000102. The number of nitrogens with one attached hydrogen (secondary N) is 2. The van der Waals surface area contributed by atoms with Gasteiger partial charge < -0.3 is 15.5 Å². The molecule has 7 nitrogen and oxygen atoms in total. The molecule has 2 heterocycles. The lowest BCUT2D eigenvalue weighted by molar-refractivity contribution is -0.156. The number of aldehydes is 1. The van der Waals surface area contributed by atoms with Crippen LogP contribution in [0.4, 0.5) is 22.0 Å². The molecular formula is C27H39F5N4O3. The highest BCUT2D eigenvalue weighted by Gasteiger charge is 2.38. The second kappa shape index (κ2) is 17.4. The van der Waals surface area contributed by atoms with Crippen molar-refractivity contribution in [3.63, 3.8) is 0 Å². The summed E-state index contributed by atoms with van der Waals surface area (Å²) in [5, 5.41) is 6.19. The number of carbonyl (C=O) groups is 3. The van der Waals surface area contributed by atoms with Crippen LogP contribution in [0.3, 0.4) is 0 Å². The summed E-state index contributed by atoms with van der Waals surface area (Å²) >= 11 is 0. The van der Waals surface area contributed by atoms with E-state index in [1.54, 1.807) is 11.9 Å². The highest BCUT2D eigenvalue weighted by molar-refractivity contribution is 5.90. The van der Waals surface area contributed by atoms with Crippen LogP contribution in [0.5, 0.6) is 0 Å². The molecule has 2 atom stereocenters. The predicted octanol–water partition coefficient (Wildman–Crippen LogP) is 5.02. The monoisotopic (exact) mass is 562 g/mol. The molecule has 1 saturated heterocycles. The van der Waals surface area contributed by atoms with E-state index in [0.29, 0.717) is 17.5 Å². The molecule has 2 aromatic rings. The average molecular weight is 563 g/mol. The zero-order chi connectivity index (χ0) is 30.3. The number of alkyl halides is 3. The first-order valence-electron chi connectivity index (χ1n) is 12.7. The number of aromatic nitrogens is 1. The SMILES string of the molecule is CC.CC(C)C.CNCC(=O)N1CCC(C)C1C(=O)NCc1cncc2c(F)c(F)ccc12.O=CC(F)(F)F. The Labute approximate surface area is 226 Å².